The molecule has 2 aliphatic rings. The van der Waals surface area contributed by atoms with Crippen LogP contribution in [0.5, 0.6) is 0 Å². The van der Waals surface area contributed by atoms with Gasteiger partial charge in [-0.2, -0.15) is 0 Å². The summed E-state index contributed by atoms with van der Waals surface area (Å²) in [7, 11) is 0. The fourth-order valence-electron chi connectivity index (χ4n) is 4.68. The lowest BCUT2D eigenvalue weighted by Crippen LogP contribution is -2.59. The highest BCUT2D eigenvalue weighted by molar-refractivity contribution is 5.78. The molecule has 0 spiro atoms. The molecule has 2 unspecified atom stereocenters. The molecule has 2 saturated heterocycles. The van der Waals surface area contributed by atoms with Crippen LogP contribution in [0, 0.1) is 0 Å². The van der Waals surface area contributed by atoms with Crippen molar-refractivity contribution in [2.75, 3.05) is 98.2 Å². The molecule has 9 N–H and O–H groups in total. The van der Waals surface area contributed by atoms with Gasteiger partial charge in [-0.3, -0.25) is 38.8 Å². The summed E-state index contributed by atoms with van der Waals surface area (Å²) in [5, 5.41) is 72.4. The molecule has 1 amide bonds. The predicted molar refractivity (Wildman–Crippen MR) is 143 cm³/mol. The zero-order chi connectivity index (χ0) is 31.2. The minimum absolute atomic E-state index is 0.0340. The number of nitrogens with zero attached hydrogens (tertiary/aromatic N) is 4. The summed E-state index contributed by atoms with van der Waals surface area (Å²) in [6.07, 6.45) is -7.23. The van der Waals surface area contributed by atoms with Crippen LogP contribution >= 0.6 is 0 Å². The fourth-order valence-corrected chi connectivity index (χ4v) is 4.68. The van der Waals surface area contributed by atoms with Crippen LogP contribution in [0.1, 0.15) is 0 Å². The number of aliphatic hydroxyl groups excluding tert-OH is 4. The zero-order valence-corrected chi connectivity index (χ0v) is 23.5. The normalized spacial score (nSPS) is 28.0. The Morgan fingerprint density at radius 2 is 1.00 bits per heavy atom. The molecule has 0 aromatic rings. The topological polar surface area (TPSA) is 256 Å². The number of carboxylic acid groups (broad SMARTS) is 3. The van der Waals surface area contributed by atoms with Gasteiger partial charge in [-0.05, 0) is 0 Å². The van der Waals surface area contributed by atoms with E-state index in [9.17, 15) is 54.9 Å². The molecule has 0 aromatic carbocycles. The zero-order valence-electron chi connectivity index (χ0n) is 23.5. The molecule has 0 radical (unpaired) electrons. The first-order valence-electron chi connectivity index (χ1n) is 13.8. The number of ether oxygens (including phenoxy) is 1. The maximum atomic E-state index is 12.7. The van der Waals surface area contributed by atoms with E-state index in [-0.39, 0.29) is 91.0 Å². The molecule has 242 valence electrons. The van der Waals surface area contributed by atoms with Crippen LogP contribution in [0.3, 0.4) is 0 Å². The van der Waals surface area contributed by atoms with Gasteiger partial charge < -0.3 is 51.1 Å². The van der Waals surface area contributed by atoms with Crippen LogP contribution in [0.4, 0.5) is 0 Å². The number of carboxylic acids is 3. The summed E-state index contributed by atoms with van der Waals surface area (Å²) in [6.45, 7) is 1.97. The van der Waals surface area contributed by atoms with Crippen molar-refractivity contribution in [3.8, 4) is 0 Å². The van der Waals surface area contributed by atoms with E-state index in [1.807, 2.05) is 0 Å². The Labute approximate surface area is 243 Å². The average molecular weight is 609 g/mol. The number of nitrogens with one attached hydrogen (secondary N) is 2. The number of hydrogen-bond donors (Lipinski definition) is 9. The van der Waals surface area contributed by atoms with E-state index in [1.165, 1.54) is 0 Å². The Balaban J connectivity index is 1.90. The number of aliphatic hydroxyl groups is 4. The van der Waals surface area contributed by atoms with E-state index in [0.29, 0.717) is 13.1 Å². The number of carbonyl (C=O) groups excluding carboxylic acids is 1. The van der Waals surface area contributed by atoms with Gasteiger partial charge in [0.1, 0.15) is 24.4 Å². The minimum atomic E-state index is -1.64. The summed E-state index contributed by atoms with van der Waals surface area (Å²) >= 11 is 0. The van der Waals surface area contributed by atoms with E-state index in [1.54, 1.807) is 19.6 Å². The second-order valence-electron chi connectivity index (χ2n) is 10.4. The summed E-state index contributed by atoms with van der Waals surface area (Å²) in [6, 6.07) is 0. The minimum Gasteiger partial charge on any atom is -0.480 e. The van der Waals surface area contributed by atoms with E-state index in [4.69, 9.17) is 4.74 Å². The highest BCUT2D eigenvalue weighted by Gasteiger charge is 2.42. The van der Waals surface area contributed by atoms with Crippen molar-refractivity contribution in [1.29, 1.82) is 0 Å². The Bertz CT molecular complexity index is 853. The summed E-state index contributed by atoms with van der Waals surface area (Å²) in [5.74, 6) is -3.44. The third-order valence-corrected chi connectivity index (χ3v) is 7.03. The third kappa shape index (κ3) is 13.2. The van der Waals surface area contributed by atoms with Crippen LogP contribution in [0.15, 0.2) is 0 Å². The van der Waals surface area contributed by atoms with Gasteiger partial charge in [0.2, 0.25) is 5.91 Å². The van der Waals surface area contributed by atoms with E-state index in [2.05, 4.69) is 10.6 Å². The highest BCUT2D eigenvalue weighted by Crippen LogP contribution is 2.19. The van der Waals surface area contributed by atoms with E-state index < -0.39 is 48.6 Å². The van der Waals surface area contributed by atoms with Crippen molar-refractivity contribution >= 4 is 23.8 Å². The Morgan fingerprint density at radius 3 is 1.40 bits per heavy atom. The molecule has 0 saturated carbocycles. The smallest absolute Gasteiger partial charge is 0.317 e. The van der Waals surface area contributed by atoms with Gasteiger partial charge >= 0.3 is 17.9 Å². The lowest BCUT2D eigenvalue weighted by molar-refractivity contribution is -0.280. The molecule has 0 aromatic heterocycles. The van der Waals surface area contributed by atoms with Crippen molar-refractivity contribution in [3.63, 3.8) is 0 Å². The second kappa shape index (κ2) is 18.2. The first-order valence-corrected chi connectivity index (χ1v) is 13.8. The van der Waals surface area contributed by atoms with E-state index in [0.717, 1.165) is 0 Å². The summed E-state index contributed by atoms with van der Waals surface area (Å²) < 4.78 is 5.08. The van der Waals surface area contributed by atoms with Crippen LogP contribution < -0.4 is 10.6 Å². The second-order valence-corrected chi connectivity index (χ2v) is 10.4. The first kappa shape index (κ1) is 35.7. The molecule has 18 nitrogen and oxygen atoms in total. The highest BCUT2D eigenvalue weighted by atomic mass is 16.6. The van der Waals surface area contributed by atoms with Crippen molar-refractivity contribution in [1.82, 2.24) is 30.2 Å². The molecule has 2 fully saturated rings. The van der Waals surface area contributed by atoms with Gasteiger partial charge in [-0.25, -0.2) is 0 Å². The van der Waals surface area contributed by atoms with Gasteiger partial charge in [-0.15, -0.1) is 0 Å². The van der Waals surface area contributed by atoms with Crippen molar-refractivity contribution in [2.24, 2.45) is 0 Å². The molecule has 2 rings (SSSR count). The van der Waals surface area contributed by atoms with Crippen molar-refractivity contribution in [3.05, 3.63) is 0 Å². The number of carbonyl (C=O) groups is 4. The molecule has 0 aliphatic carbocycles. The quantitative estimate of drug-likeness (QED) is 0.0882. The van der Waals surface area contributed by atoms with Gasteiger partial charge in [0.25, 0.3) is 0 Å². The van der Waals surface area contributed by atoms with Gasteiger partial charge in [-0.1, -0.05) is 0 Å². The van der Waals surface area contributed by atoms with Gasteiger partial charge in [0.05, 0.1) is 26.2 Å². The van der Waals surface area contributed by atoms with E-state index >= 15 is 0 Å². The SMILES string of the molecule is O=C(O)CN1CCN(CC(=O)O)CCN(CC(=O)NCCNCC2O[C@H](O)C(O)[C@@H](O)[C@@H]2O)CCN(CC(=O)O)CC1. The molecule has 42 heavy (non-hydrogen) atoms. The average Bonchev–Trinajstić information content (AvgIpc) is 2.90. The number of aliphatic carboxylic acids is 3. The maximum Gasteiger partial charge on any atom is 0.317 e. The first-order chi connectivity index (χ1) is 19.8. The Kier molecular flexibility index (Phi) is 15.5. The molecular weight excluding hydrogens is 564 g/mol. The van der Waals surface area contributed by atoms with Gasteiger partial charge in [0, 0.05) is 72.0 Å². The maximum absolute atomic E-state index is 12.7. The largest absolute Gasteiger partial charge is 0.480 e. The van der Waals surface area contributed by atoms with Crippen LogP contribution in [-0.2, 0) is 23.9 Å². The number of hydrogen-bond acceptors (Lipinski definition) is 14. The molecule has 0 bridgehead atoms. The monoisotopic (exact) mass is 608 g/mol. The molecule has 18 heteroatoms. The Morgan fingerprint density at radius 1 is 0.595 bits per heavy atom. The lowest BCUT2D eigenvalue weighted by atomic mass is 9.99. The number of rotatable bonds is 13. The summed E-state index contributed by atoms with van der Waals surface area (Å²) in [5.41, 5.74) is 0. The standard InChI is InChI=1S/C24H44N6O12/c31-17(26-2-1-25-11-16-21(38)22(39)23(40)24(41)42-16)12-27-3-5-28(13-18(32)33)7-9-30(15-20(36)37)10-8-29(6-4-27)14-19(34)35/h16,21-25,38-41H,1-15H2,(H,26,31)(H,32,33)(H,34,35)(H,36,37)/t16?,21-,22+,23?,24+/m1/s1. The van der Waals surface area contributed by atoms with Crippen LogP contribution in [0.25, 0.3) is 0 Å². The molecule has 2 heterocycles. The Hall–Kier alpha value is -2.52. The van der Waals surface area contributed by atoms with Gasteiger partial charge in [0.15, 0.2) is 6.29 Å². The summed E-state index contributed by atoms with van der Waals surface area (Å²) in [4.78, 5) is 53.5. The molecule has 5 atom stereocenters. The molecular formula is C24H44N6O12. The third-order valence-electron chi connectivity index (χ3n) is 7.03. The van der Waals surface area contributed by atoms with Crippen molar-refractivity contribution in [2.45, 2.75) is 30.7 Å². The fraction of sp³-hybridized carbons (Fsp3) is 0.833. The number of amides is 1. The molecule has 2 aliphatic heterocycles. The van der Waals surface area contributed by atoms with Crippen molar-refractivity contribution < 1.29 is 59.7 Å². The lowest BCUT2D eigenvalue weighted by Gasteiger charge is -2.38. The van der Waals surface area contributed by atoms with Crippen LogP contribution in [0.2, 0.25) is 0 Å². The van der Waals surface area contributed by atoms with Crippen LogP contribution in [-0.4, -0.2) is 208 Å². The predicted octanol–water partition coefficient (Wildman–Crippen LogP) is -6.03.